The van der Waals surface area contributed by atoms with Crippen molar-refractivity contribution >= 4 is 0 Å². The molecule has 0 bridgehead atoms. The van der Waals surface area contributed by atoms with E-state index in [1.54, 1.807) is 5.01 Å². The van der Waals surface area contributed by atoms with Crippen LogP contribution in [0.2, 0.25) is 0 Å². The Morgan fingerprint density at radius 3 is 2.30 bits per heavy atom. The molecule has 1 aliphatic heterocycles. The highest BCUT2D eigenvalue weighted by Crippen LogP contribution is 2.16. The van der Waals surface area contributed by atoms with Crippen LogP contribution in [0, 0.1) is 0 Å². The molecule has 60 valence electrons. The quantitative estimate of drug-likeness (QED) is 0.399. The third kappa shape index (κ3) is 1.67. The van der Waals surface area contributed by atoms with Gasteiger partial charge in [0.15, 0.2) is 0 Å². The Morgan fingerprint density at radius 1 is 1.40 bits per heavy atom. The molecule has 4 heteroatoms. The van der Waals surface area contributed by atoms with E-state index in [9.17, 15) is 0 Å². The molecule has 0 spiro atoms. The number of hydrogen-bond acceptors (Lipinski definition) is 4. The number of nitrogens with zero attached hydrogens (tertiary/aromatic N) is 1. The highest BCUT2D eigenvalue weighted by molar-refractivity contribution is 4.88. The summed E-state index contributed by atoms with van der Waals surface area (Å²) in [5.74, 6) is 5.51. The lowest BCUT2D eigenvalue weighted by Gasteiger charge is -2.35. The zero-order valence-electron chi connectivity index (χ0n) is 6.08. The second-order valence-electron chi connectivity index (χ2n) is 3.06. The monoisotopic (exact) mass is 145 g/mol. The van der Waals surface area contributed by atoms with Gasteiger partial charge in [0, 0.05) is 18.6 Å². The van der Waals surface area contributed by atoms with E-state index < -0.39 is 0 Å². The van der Waals surface area contributed by atoms with Gasteiger partial charge in [-0.05, 0) is 12.8 Å². The van der Waals surface area contributed by atoms with Gasteiger partial charge < -0.3 is 10.8 Å². The normalized spacial score (nSPS) is 26.7. The van der Waals surface area contributed by atoms with Gasteiger partial charge in [0.05, 0.1) is 6.61 Å². The van der Waals surface area contributed by atoms with Crippen molar-refractivity contribution < 1.29 is 5.11 Å². The van der Waals surface area contributed by atoms with E-state index in [1.807, 2.05) is 0 Å². The molecule has 1 saturated heterocycles. The van der Waals surface area contributed by atoms with Gasteiger partial charge in [-0.2, -0.15) is 0 Å². The molecule has 0 unspecified atom stereocenters. The smallest absolute Gasteiger partial charge is 0.0612 e. The molecule has 1 fully saturated rings. The first-order valence-corrected chi connectivity index (χ1v) is 3.56. The van der Waals surface area contributed by atoms with Crippen LogP contribution >= 0.6 is 0 Å². The third-order valence-corrected chi connectivity index (χ3v) is 2.11. The number of aliphatic hydroxyl groups excluding tert-OH is 1. The molecular formula is C6H15N3O. The molecule has 0 aromatic heterocycles. The van der Waals surface area contributed by atoms with Crippen molar-refractivity contribution in [1.82, 2.24) is 5.01 Å². The standard InChI is InChI=1S/C6H15N3O/c7-6(5-10)1-3-9(8)4-2-6/h10H,1-5,7-8H2. The van der Waals surface area contributed by atoms with E-state index in [0.717, 1.165) is 25.9 Å². The average Bonchev–Trinajstić information content (AvgIpc) is 1.96. The molecule has 1 aliphatic rings. The largest absolute Gasteiger partial charge is 0.394 e. The van der Waals surface area contributed by atoms with Gasteiger partial charge in [0.1, 0.15) is 0 Å². The molecule has 4 nitrogen and oxygen atoms in total. The molecule has 10 heavy (non-hydrogen) atoms. The summed E-state index contributed by atoms with van der Waals surface area (Å²) in [6.07, 6.45) is 1.58. The van der Waals surface area contributed by atoms with Crippen LogP contribution in [0.5, 0.6) is 0 Å². The first kappa shape index (κ1) is 7.94. The third-order valence-electron chi connectivity index (χ3n) is 2.11. The molecule has 1 rings (SSSR count). The van der Waals surface area contributed by atoms with Gasteiger partial charge in [0.2, 0.25) is 0 Å². The minimum absolute atomic E-state index is 0.0703. The first-order valence-electron chi connectivity index (χ1n) is 3.56. The van der Waals surface area contributed by atoms with E-state index in [2.05, 4.69) is 0 Å². The summed E-state index contributed by atoms with van der Waals surface area (Å²) in [7, 11) is 0. The van der Waals surface area contributed by atoms with Crippen LogP contribution in [0.15, 0.2) is 0 Å². The number of hydrogen-bond donors (Lipinski definition) is 3. The van der Waals surface area contributed by atoms with Gasteiger partial charge >= 0.3 is 0 Å². The summed E-state index contributed by atoms with van der Waals surface area (Å²) in [6, 6.07) is 0. The maximum atomic E-state index is 8.85. The van der Waals surface area contributed by atoms with Crippen LogP contribution in [0.4, 0.5) is 0 Å². The fourth-order valence-electron chi connectivity index (χ4n) is 1.13. The predicted molar refractivity (Wildman–Crippen MR) is 39.0 cm³/mol. The van der Waals surface area contributed by atoms with Crippen molar-refractivity contribution in [3.63, 3.8) is 0 Å². The Kier molecular flexibility index (Phi) is 2.25. The summed E-state index contributed by atoms with van der Waals surface area (Å²) in [5, 5.41) is 10.6. The topological polar surface area (TPSA) is 75.5 Å². The Hall–Kier alpha value is -0.160. The zero-order chi connectivity index (χ0) is 7.61. The highest BCUT2D eigenvalue weighted by Gasteiger charge is 2.28. The van der Waals surface area contributed by atoms with Crippen molar-refractivity contribution in [1.29, 1.82) is 0 Å². The van der Waals surface area contributed by atoms with Gasteiger partial charge in [-0.15, -0.1) is 0 Å². The summed E-state index contributed by atoms with van der Waals surface area (Å²) in [5.41, 5.74) is 5.42. The highest BCUT2D eigenvalue weighted by atomic mass is 16.3. The number of aliphatic hydroxyl groups is 1. The van der Waals surface area contributed by atoms with Crippen LogP contribution in [0.25, 0.3) is 0 Å². The Bertz CT molecular complexity index is 110. The zero-order valence-corrected chi connectivity index (χ0v) is 6.08. The second kappa shape index (κ2) is 2.84. The Labute approximate surface area is 60.8 Å². The minimum atomic E-state index is -0.365. The van der Waals surface area contributed by atoms with Crippen LogP contribution in [0.3, 0.4) is 0 Å². The summed E-state index contributed by atoms with van der Waals surface area (Å²) in [4.78, 5) is 0. The molecule has 1 heterocycles. The van der Waals surface area contributed by atoms with Crippen LogP contribution in [-0.4, -0.2) is 35.4 Å². The van der Waals surface area contributed by atoms with Crippen molar-refractivity contribution in [2.24, 2.45) is 11.6 Å². The van der Waals surface area contributed by atoms with Crippen LogP contribution in [0.1, 0.15) is 12.8 Å². The molecule has 0 amide bonds. The maximum Gasteiger partial charge on any atom is 0.0612 e. The van der Waals surface area contributed by atoms with Gasteiger partial charge in [0.25, 0.3) is 0 Å². The van der Waals surface area contributed by atoms with Crippen LogP contribution in [-0.2, 0) is 0 Å². The van der Waals surface area contributed by atoms with E-state index in [4.69, 9.17) is 16.7 Å². The van der Waals surface area contributed by atoms with Crippen molar-refractivity contribution in [3.8, 4) is 0 Å². The molecule has 0 aromatic rings. The van der Waals surface area contributed by atoms with E-state index in [0.29, 0.717) is 0 Å². The average molecular weight is 145 g/mol. The number of rotatable bonds is 1. The van der Waals surface area contributed by atoms with Crippen molar-refractivity contribution in [3.05, 3.63) is 0 Å². The van der Waals surface area contributed by atoms with Gasteiger partial charge in [-0.3, -0.25) is 5.84 Å². The molecular weight excluding hydrogens is 130 g/mol. The fraction of sp³-hybridized carbons (Fsp3) is 1.00. The van der Waals surface area contributed by atoms with E-state index in [-0.39, 0.29) is 12.1 Å². The lowest BCUT2D eigenvalue weighted by molar-refractivity contribution is 0.107. The SMILES string of the molecule is NN1CCC(N)(CO)CC1. The van der Waals surface area contributed by atoms with E-state index >= 15 is 0 Å². The maximum absolute atomic E-state index is 8.85. The predicted octanol–water partition coefficient (Wildman–Crippen LogP) is -1.35. The molecule has 0 aromatic carbocycles. The molecule has 0 atom stereocenters. The van der Waals surface area contributed by atoms with Crippen molar-refractivity contribution in [2.45, 2.75) is 18.4 Å². The summed E-state index contributed by atoms with van der Waals surface area (Å²) < 4.78 is 0. The fourth-order valence-corrected chi connectivity index (χ4v) is 1.13. The number of piperidine rings is 1. The molecule has 0 saturated carbocycles. The number of nitrogens with two attached hydrogens (primary N) is 2. The van der Waals surface area contributed by atoms with Gasteiger partial charge in [-0.1, -0.05) is 0 Å². The lowest BCUT2D eigenvalue weighted by Crippen LogP contribution is -2.54. The van der Waals surface area contributed by atoms with Crippen molar-refractivity contribution in [2.75, 3.05) is 19.7 Å². The molecule has 0 aliphatic carbocycles. The molecule has 5 N–H and O–H groups in total. The van der Waals surface area contributed by atoms with E-state index in [1.165, 1.54) is 0 Å². The Morgan fingerprint density at radius 2 is 1.90 bits per heavy atom. The summed E-state index contributed by atoms with van der Waals surface area (Å²) >= 11 is 0. The molecule has 0 radical (unpaired) electrons. The number of hydrazine groups is 1. The second-order valence-corrected chi connectivity index (χ2v) is 3.06. The minimum Gasteiger partial charge on any atom is -0.394 e. The summed E-state index contributed by atoms with van der Waals surface area (Å²) in [6.45, 7) is 1.65. The van der Waals surface area contributed by atoms with Gasteiger partial charge in [-0.25, -0.2) is 5.01 Å². The lowest BCUT2D eigenvalue weighted by atomic mass is 9.90. The first-order chi connectivity index (χ1) is 4.66. The Balaban J connectivity index is 2.38. The van der Waals surface area contributed by atoms with Crippen LogP contribution < -0.4 is 11.6 Å².